The van der Waals surface area contributed by atoms with E-state index in [2.05, 4.69) is 0 Å². The first-order valence-corrected chi connectivity index (χ1v) is 8.67. The fraction of sp³-hybridized carbons (Fsp3) is 0.600. The minimum atomic E-state index is -3.42. The summed E-state index contributed by atoms with van der Waals surface area (Å²) in [6.07, 6.45) is 3.51. The van der Waals surface area contributed by atoms with Gasteiger partial charge in [-0.05, 0) is 55.9 Å². The number of hydrogen-bond donors (Lipinski definition) is 1. The van der Waals surface area contributed by atoms with E-state index in [-0.39, 0.29) is 0 Å². The Morgan fingerprint density at radius 2 is 1.80 bits per heavy atom. The summed E-state index contributed by atoms with van der Waals surface area (Å²) in [7, 11) is -3.42. The van der Waals surface area contributed by atoms with Crippen LogP contribution in [0.2, 0.25) is 0 Å². The molecule has 4 nitrogen and oxygen atoms in total. The summed E-state index contributed by atoms with van der Waals surface area (Å²) in [6.45, 7) is 6.68. The molecule has 2 N–H and O–H groups in total. The van der Waals surface area contributed by atoms with E-state index in [1.807, 2.05) is 20.8 Å². The molecule has 0 spiro atoms. The maximum absolute atomic E-state index is 12.9. The quantitative estimate of drug-likeness (QED) is 0.850. The predicted octanol–water partition coefficient (Wildman–Crippen LogP) is 2.70. The molecule has 1 saturated carbocycles. The van der Waals surface area contributed by atoms with Crippen LogP contribution >= 0.6 is 0 Å². The summed E-state index contributed by atoms with van der Waals surface area (Å²) in [6, 6.07) is 3.47. The lowest BCUT2D eigenvalue weighted by molar-refractivity contribution is 0.250. The van der Waals surface area contributed by atoms with Gasteiger partial charge in [-0.15, -0.1) is 0 Å². The average molecular weight is 296 g/mol. The zero-order valence-electron chi connectivity index (χ0n) is 12.5. The van der Waals surface area contributed by atoms with E-state index in [9.17, 15) is 8.42 Å². The average Bonchev–Trinajstić information content (AvgIpc) is 2.24. The molecule has 0 bridgehead atoms. The molecule has 1 aromatic rings. The fourth-order valence-corrected chi connectivity index (χ4v) is 4.82. The zero-order chi connectivity index (χ0) is 14.9. The van der Waals surface area contributed by atoms with Crippen LogP contribution in [-0.4, -0.2) is 25.8 Å². The van der Waals surface area contributed by atoms with Crippen LogP contribution in [0.15, 0.2) is 17.0 Å². The van der Waals surface area contributed by atoms with Crippen LogP contribution < -0.4 is 5.73 Å². The number of rotatable bonds is 5. The Kier molecular flexibility index (Phi) is 4.39. The number of nitrogens with two attached hydrogens (primary N) is 1. The fourth-order valence-electron chi connectivity index (χ4n) is 2.88. The van der Waals surface area contributed by atoms with E-state index in [1.54, 1.807) is 16.4 Å². The van der Waals surface area contributed by atoms with Crippen LogP contribution in [0.5, 0.6) is 0 Å². The minimum Gasteiger partial charge on any atom is -0.399 e. The third kappa shape index (κ3) is 2.83. The standard InChI is InChI=1S/C15H24N2O2S/c1-4-17(10-13-6-5-7-13)20(18,19)15-11(2)8-14(16)9-12(15)3/h8-9,13H,4-7,10,16H2,1-3H3. The second-order valence-electron chi connectivity index (χ2n) is 5.74. The first-order valence-electron chi connectivity index (χ1n) is 7.23. The van der Waals surface area contributed by atoms with Gasteiger partial charge in [0.15, 0.2) is 0 Å². The molecule has 1 aliphatic rings. The number of nitrogens with zero attached hydrogens (tertiary/aromatic N) is 1. The molecule has 0 atom stereocenters. The summed E-state index contributed by atoms with van der Waals surface area (Å²) >= 11 is 0. The summed E-state index contributed by atoms with van der Waals surface area (Å²) < 4.78 is 27.4. The first kappa shape index (κ1) is 15.3. The minimum absolute atomic E-state index is 0.424. The molecule has 0 heterocycles. The van der Waals surface area contributed by atoms with Crippen molar-refractivity contribution in [1.82, 2.24) is 4.31 Å². The van der Waals surface area contributed by atoms with E-state index in [0.29, 0.717) is 29.6 Å². The smallest absolute Gasteiger partial charge is 0.243 e. The maximum atomic E-state index is 12.9. The largest absolute Gasteiger partial charge is 0.399 e. The number of nitrogen functional groups attached to an aromatic ring is 1. The lowest BCUT2D eigenvalue weighted by atomic mass is 9.85. The molecule has 112 valence electrons. The van der Waals surface area contributed by atoms with E-state index < -0.39 is 10.0 Å². The van der Waals surface area contributed by atoms with Gasteiger partial charge in [-0.1, -0.05) is 13.3 Å². The molecule has 5 heteroatoms. The molecule has 1 fully saturated rings. The Morgan fingerprint density at radius 1 is 1.25 bits per heavy atom. The second-order valence-corrected chi connectivity index (χ2v) is 7.61. The van der Waals surface area contributed by atoms with E-state index in [1.165, 1.54) is 6.42 Å². The molecule has 0 unspecified atom stereocenters. The van der Waals surface area contributed by atoms with Crippen molar-refractivity contribution >= 4 is 15.7 Å². The highest BCUT2D eigenvalue weighted by Gasteiger charge is 2.30. The molecule has 0 amide bonds. The first-order chi connectivity index (χ1) is 9.36. The van der Waals surface area contributed by atoms with E-state index >= 15 is 0 Å². The highest BCUT2D eigenvalue weighted by atomic mass is 32.2. The number of benzene rings is 1. The molecule has 0 saturated heterocycles. The van der Waals surface area contributed by atoms with Gasteiger partial charge in [0.2, 0.25) is 10.0 Å². The van der Waals surface area contributed by atoms with E-state index in [4.69, 9.17) is 5.73 Å². The molecule has 0 aromatic heterocycles. The van der Waals surface area contributed by atoms with Crippen molar-refractivity contribution in [3.8, 4) is 0 Å². The third-order valence-electron chi connectivity index (χ3n) is 4.12. The molecule has 0 aliphatic heterocycles. The number of anilines is 1. The van der Waals surface area contributed by atoms with Gasteiger partial charge in [0.25, 0.3) is 0 Å². The van der Waals surface area contributed by atoms with Gasteiger partial charge in [0.1, 0.15) is 0 Å². The summed E-state index contributed by atoms with van der Waals surface area (Å²) in [4.78, 5) is 0.424. The van der Waals surface area contributed by atoms with E-state index in [0.717, 1.165) is 24.0 Å². The van der Waals surface area contributed by atoms with Crippen LogP contribution in [0.4, 0.5) is 5.69 Å². The van der Waals surface area contributed by atoms with Crippen molar-refractivity contribution in [3.05, 3.63) is 23.3 Å². The Balaban J connectivity index is 2.37. The molecule has 1 aromatic carbocycles. The van der Waals surface area contributed by atoms with Gasteiger partial charge in [-0.25, -0.2) is 8.42 Å². The Hall–Kier alpha value is -1.07. The molecule has 0 radical (unpaired) electrons. The molecule has 2 rings (SSSR count). The van der Waals surface area contributed by atoms with Crippen molar-refractivity contribution in [2.75, 3.05) is 18.8 Å². The van der Waals surface area contributed by atoms with Crippen LogP contribution in [0.3, 0.4) is 0 Å². The van der Waals surface area contributed by atoms with Gasteiger partial charge >= 0.3 is 0 Å². The van der Waals surface area contributed by atoms with Crippen molar-refractivity contribution in [3.63, 3.8) is 0 Å². The van der Waals surface area contributed by atoms with Crippen LogP contribution in [0, 0.1) is 19.8 Å². The topological polar surface area (TPSA) is 63.4 Å². The Morgan fingerprint density at radius 3 is 2.20 bits per heavy atom. The van der Waals surface area contributed by atoms with Crippen molar-refractivity contribution < 1.29 is 8.42 Å². The predicted molar refractivity (Wildman–Crippen MR) is 82.1 cm³/mol. The zero-order valence-corrected chi connectivity index (χ0v) is 13.3. The summed E-state index contributed by atoms with van der Waals surface area (Å²) in [5, 5.41) is 0. The molecule has 1 aliphatic carbocycles. The monoisotopic (exact) mass is 296 g/mol. The lowest BCUT2D eigenvalue weighted by Crippen LogP contribution is -2.37. The normalized spacial score (nSPS) is 16.4. The second kappa shape index (κ2) is 5.74. The van der Waals surface area contributed by atoms with Gasteiger partial charge in [-0.3, -0.25) is 0 Å². The van der Waals surface area contributed by atoms with Crippen molar-refractivity contribution in [1.29, 1.82) is 0 Å². The van der Waals surface area contributed by atoms with Crippen LogP contribution in [0.1, 0.15) is 37.3 Å². The lowest BCUT2D eigenvalue weighted by Gasteiger charge is -2.31. The summed E-state index contributed by atoms with van der Waals surface area (Å²) in [5.41, 5.74) is 7.86. The van der Waals surface area contributed by atoms with Gasteiger partial charge in [0, 0.05) is 18.8 Å². The number of hydrogen-bond acceptors (Lipinski definition) is 3. The summed E-state index contributed by atoms with van der Waals surface area (Å²) in [5.74, 6) is 0.527. The van der Waals surface area contributed by atoms with Crippen molar-refractivity contribution in [2.24, 2.45) is 5.92 Å². The van der Waals surface area contributed by atoms with Gasteiger partial charge < -0.3 is 5.73 Å². The Labute approximate surface area is 122 Å². The molecular weight excluding hydrogens is 272 g/mol. The van der Waals surface area contributed by atoms with Gasteiger partial charge in [0.05, 0.1) is 4.90 Å². The van der Waals surface area contributed by atoms with Gasteiger partial charge in [-0.2, -0.15) is 4.31 Å². The Bertz CT molecular complexity index is 569. The highest BCUT2D eigenvalue weighted by Crippen LogP contribution is 2.31. The van der Waals surface area contributed by atoms with Crippen molar-refractivity contribution in [2.45, 2.75) is 44.9 Å². The molecule has 20 heavy (non-hydrogen) atoms. The SMILES string of the molecule is CCN(CC1CCC1)S(=O)(=O)c1c(C)cc(N)cc1C. The number of sulfonamides is 1. The highest BCUT2D eigenvalue weighted by molar-refractivity contribution is 7.89. The van der Waals surface area contributed by atoms with Crippen LogP contribution in [0.25, 0.3) is 0 Å². The molecular formula is C15H24N2O2S. The third-order valence-corrected chi connectivity index (χ3v) is 6.37. The number of aryl methyl sites for hydroxylation is 2. The maximum Gasteiger partial charge on any atom is 0.243 e. The van der Waals surface area contributed by atoms with Crippen LogP contribution in [-0.2, 0) is 10.0 Å².